The van der Waals surface area contributed by atoms with Crippen molar-refractivity contribution in [2.24, 2.45) is 5.92 Å². The molecule has 0 N–H and O–H groups in total. The highest BCUT2D eigenvalue weighted by atomic mass is 32.2. The first kappa shape index (κ1) is 13.1. The zero-order valence-corrected chi connectivity index (χ0v) is 12.5. The molecule has 2 unspecified atom stereocenters. The molecule has 2 saturated heterocycles. The number of aromatic nitrogens is 1. The molecule has 0 spiro atoms. The van der Waals surface area contributed by atoms with Gasteiger partial charge in [0.2, 0.25) is 0 Å². The first-order chi connectivity index (χ1) is 10.2. The Hall–Kier alpha value is -1.55. The summed E-state index contributed by atoms with van der Waals surface area (Å²) in [6, 6.07) is 9.82. The third-order valence-electron chi connectivity index (χ3n) is 4.84. The van der Waals surface area contributed by atoms with Crippen molar-refractivity contribution in [1.82, 2.24) is 4.98 Å². The summed E-state index contributed by atoms with van der Waals surface area (Å²) in [7, 11) is -0.712. The predicted molar refractivity (Wildman–Crippen MR) is 83.7 cm³/mol. The molecule has 0 aliphatic carbocycles. The molecule has 2 bridgehead atoms. The molecule has 3 heterocycles. The van der Waals surface area contributed by atoms with Gasteiger partial charge >= 0.3 is 0 Å². The highest BCUT2D eigenvalue weighted by Crippen LogP contribution is 2.40. The smallest absolute Gasteiger partial charge is 0.184 e. The number of carbonyl (C=O) groups is 1. The Kier molecular flexibility index (Phi) is 3.14. The Morgan fingerprint density at radius 2 is 1.81 bits per heavy atom. The van der Waals surface area contributed by atoms with E-state index in [1.807, 2.05) is 30.3 Å². The maximum Gasteiger partial charge on any atom is 0.184 e. The molecule has 4 heteroatoms. The number of carbonyl (C=O) groups excluding carboxylic acids is 1. The number of pyridine rings is 1. The molecule has 1 aromatic carbocycles. The summed E-state index contributed by atoms with van der Waals surface area (Å²) >= 11 is 0. The Labute approximate surface area is 126 Å². The molecule has 2 aliphatic rings. The van der Waals surface area contributed by atoms with E-state index in [1.54, 1.807) is 6.20 Å². The van der Waals surface area contributed by atoms with Crippen LogP contribution in [0, 0.1) is 5.92 Å². The van der Waals surface area contributed by atoms with Crippen LogP contribution in [0.4, 0.5) is 0 Å². The molecule has 2 fully saturated rings. The number of Topliss-reactive ketones (excluding diaryl/α,β-unsaturated/α-hetero) is 1. The van der Waals surface area contributed by atoms with Crippen LogP contribution < -0.4 is 0 Å². The fourth-order valence-corrected chi connectivity index (χ4v) is 5.88. The minimum atomic E-state index is -0.712. The summed E-state index contributed by atoms with van der Waals surface area (Å²) in [6.07, 6.45) is 5.29. The topological polar surface area (TPSA) is 47.0 Å². The van der Waals surface area contributed by atoms with Crippen molar-refractivity contribution in [3.63, 3.8) is 0 Å². The molecular weight excluding hydrogens is 282 g/mol. The summed E-state index contributed by atoms with van der Waals surface area (Å²) in [6.45, 7) is 0. The number of fused-ring (bicyclic) bond motifs is 3. The van der Waals surface area contributed by atoms with Crippen LogP contribution in [0.1, 0.15) is 36.2 Å². The van der Waals surface area contributed by atoms with E-state index in [0.29, 0.717) is 5.69 Å². The second kappa shape index (κ2) is 5.02. The van der Waals surface area contributed by atoms with Crippen LogP contribution in [0.25, 0.3) is 10.8 Å². The van der Waals surface area contributed by atoms with Crippen LogP contribution in [0.3, 0.4) is 0 Å². The lowest BCUT2D eigenvalue weighted by molar-refractivity contribution is 0.0903. The molecule has 2 atom stereocenters. The lowest BCUT2D eigenvalue weighted by Crippen LogP contribution is -2.32. The predicted octanol–water partition coefficient (Wildman–Crippen LogP) is 3.11. The number of hydrogen-bond donors (Lipinski definition) is 0. The highest BCUT2D eigenvalue weighted by Gasteiger charge is 2.43. The first-order valence-electron chi connectivity index (χ1n) is 7.51. The van der Waals surface area contributed by atoms with Crippen molar-refractivity contribution in [3.8, 4) is 0 Å². The molecule has 3 nitrogen and oxygen atoms in total. The Bertz CT molecular complexity index is 721. The van der Waals surface area contributed by atoms with E-state index >= 15 is 0 Å². The number of nitrogens with zero attached hydrogens (tertiary/aromatic N) is 1. The molecule has 4 rings (SSSR count). The minimum absolute atomic E-state index is 0.00138. The van der Waals surface area contributed by atoms with E-state index in [9.17, 15) is 9.00 Å². The fourth-order valence-electron chi connectivity index (χ4n) is 3.76. The van der Waals surface area contributed by atoms with Crippen molar-refractivity contribution in [2.45, 2.75) is 36.2 Å². The molecule has 1 aromatic heterocycles. The summed E-state index contributed by atoms with van der Waals surface area (Å²) in [5.74, 6) is 0.138. The van der Waals surface area contributed by atoms with E-state index in [-0.39, 0.29) is 22.2 Å². The average Bonchev–Trinajstić information content (AvgIpc) is 2.75. The first-order valence-corrected chi connectivity index (χ1v) is 8.79. The van der Waals surface area contributed by atoms with Crippen LogP contribution >= 0.6 is 0 Å². The third kappa shape index (κ3) is 2.13. The van der Waals surface area contributed by atoms with Gasteiger partial charge in [-0.25, -0.2) is 0 Å². The highest BCUT2D eigenvalue weighted by molar-refractivity contribution is 7.86. The van der Waals surface area contributed by atoms with Gasteiger partial charge in [-0.15, -0.1) is 0 Å². The van der Waals surface area contributed by atoms with Crippen LogP contribution in [0.15, 0.2) is 36.5 Å². The molecule has 2 aromatic rings. The number of hydrogen-bond acceptors (Lipinski definition) is 3. The SMILES string of the molecule is O=C(c1nccc2ccccc12)C1CC2CCC(C1)S2=O. The Balaban J connectivity index is 1.70. The van der Waals surface area contributed by atoms with E-state index in [0.717, 1.165) is 36.5 Å². The molecule has 0 amide bonds. The fraction of sp³-hybridized carbons (Fsp3) is 0.412. The van der Waals surface area contributed by atoms with Gasteiger partial charge in [0.05, 0.1) is 0 Å². The van der Waals surface area contributed by atoms with Gasteiger partial charge in [0.1, 0.15) is 5.69 Å². The van der Waals surface area contributed by atoms with Gasteiger partial charge in [0.25, 0.3) is 0 Å². The van der Waals surface area contributed by atoms with Gasteiger partial charge in [0.15, 0.2) is 5.78 Å². The molecule has 0 radical (unpaired) electrons. The van der Waals surface area contributed by atoms with Crippen LogP contribution in [0.2, 0.25) is 0 Å². The molecule has 0 saturated carbocycles. The summed E-state index contributed by atoms with van der Waals surface area (Å²) in [5.41, 5.74) is 0.588. The minimum Gasteiger partial charge on any atom is -0.292 e. The average molecular weight is 299 g/mol. The van der Waals surface area contributed by atoms with Crippen molar-refractivity contribution < 1.29 is 9.00 Å². The molecule has 2 aliphatic heterocycles. The van der Waals surface area contributed by atoms with Crippen molar-refractivity contribution in [2.75, 3.05) is 0 Å². The van der Waals surface area contributed by atoms with Gasteiger partial charge in [-0.1, -0.05) is 24.3 Å². The van der Waals surface area contributed by atoms with Gasteiger partial charge in [-0.2, -0.15) is 0 Å². The Morgan fingerprint density at radius 3 is 2.57 bits per heavy atom. The monoisotopic (exact) mass is 299 g/mol. The number of ketones is 1. The quantitative estimate of drug-likeness (QED) is 0.801. The summed E-state index contributed by atoms with van der Waals surface area (Å²) in [4.78, 5) is 17.2. The summed E-state index contributed by atoms with van der Waals surface area (Å²) in [5, 5.41) is 2.45. The maximum atomic E-state index is 12.9. The van der Waals surface area contributed by atoms with Crippen LogP contribution in [-0.4, -0.2) is 25.5 Å². The lowest BCUT2D eigenvalue weighted by atomic mass is 9.91. The van der Waals surface area contributed by atoms with Crippen LogP contribution in [-0.2, 0) is 10.8 Å². The van der Waals surface area contributed by atoms with E-state index < -0.39 is 10.8 Å². The zero-order chi connectivity index (χ0) is 14.4. The number of benzene rings is 1. The van der Waals surface area contributed by atoms with Gasteiger partial charge in [0, 0.05) is 38.8 Å². The molecular formula is C17H17NO2S. The maximum absolute atomic E-state index is 12.9. The largest absolute Gasteiger partial charge is 0.292 e. The molecule has 21 heavy (non-hydrogen) atoms. The van der Waals surface area contributed by atoms with Crippen molar-refractivity contribution in [1.29, 1.82) is 0 Å². The number of rotatable bonds is 2. The summed E-state index contributed by atoms with van der Waals surface area (Å²) < 4.78 is 12.1. The second-order valence-corrected chi connectivity index (χ2v) is 8.05. The van der Waals surface area contributed by atoms with Crippen LogP contribution in [0.5, 0.6) is 0 Å². The third-order valence-corrected chi connectivity index (χ3v) is 7.01. The van der Waals surface area contributed by atoms with Gasteiger partial charge < -0.3 is 0 Å². The molecule has 108 valence electrons. The van der Waals surface area contributed by atoms with E-state index in [2.05, 4.69) is 4.98 Å². The van der Waals surface area contributed by atoms with Gasteiger partial charge in [-0.05, 0) is 37.1 Å². The zero-order valence-electron chi connectivity index (χ0n) is 11.7. The van der Waals surface area contributed by atoms with E-state index in [1.165, 1.54) is 0 Å². The van der Waals surface area contributed by atoms with E-state index in [4.69, 9.17) is 0 Å². The Morgan fingerprint density at radius 1 is 1.10 bits per heavy atom. The van der Waals surface area contributed by atoms with Crippen molar-refractivity contribution >= 4 is 27.4 Å². The second-order valence-electron chi connectivity index (χ2n) is 6.06. The standard InChI is InChI=1S/C17H17NO2S/c19-17(12-9-13-5-6-14(10-12)21(13)20)16-15-4-2-1-3-11(15)7-8-18-16/h1-4,7-8,12-14H,5-6,9-10H2. The lowest BCUT2D eigenvalue weighted by Gasteiger charge is -2.26. The van der Waals surface area contributed by atoms with Gasteiger partial charge in [-0.3, -0.25) is 14.0 Å². The normalized spacial score (nSPS) is 31.4. The van der Waals surface area contributed by atoms with Crippen molar-refractivity contribution in [3.05, 3.63) is 42.2 Å².